The third-order valence-electron chi connectivity index (χ3n) is 6.84. The van der Waals surface area contributed by atoms with Crippen LogP contribution < -0.4 is 4.74 Å². The number of rotatable bonds is 6. The van der Waals surface area contributed by atoms with Crippen LogP contribution >= 0.6 is 23.4 Å². The molecule has 4 aliphatic rings. The van der Waals surface area contributed by atoms with Gasteiger partial charge in [0.2, 0.25) is 5.16 Å². The number of Topliss-reactive ketones (excluding diaryl/α,β-unsaturated/α-hetero) is 1. The van der Waals surface area contributed by atoms with Gasteiger partial charge in [-0.1, -0.05) is 23.4 Å². The van der Waals surface area contributed by atoms with Gasteiger partial charge in [-0.15, -0.1) is 5.10 Å². The molecule has 1 aromatic carbocycles. The molecule has 4 bridgehead atoms. The minimum atomic E-state index is -0.0585. The van der Waals surface area contributed by atoms with E-state index in [9.17, 15) is 4.79 Å². The zero-order chi connectivity index (χ0) is 19.3. The number of carbonyl (C=O) groups is 1. The number of thioether (sulfide) groups is 1. The Balaban J connectivity index is 1.28. The summed E-state index contributed by atoms with van der Waals surface area (Å²) in [6, 6.07) is 5.39. The molecule has 1 aromatic heterocycles. The standard InChI is InChI=1S/C21H24ClN3O2S/c1-27-17-3-2-15(22)7-16(17)19-23-20(25-24-19)28-11-18(26)21-8-12-4-13(9-21)6-14(5-12)10-21/h2-3,7,12-14H,4-6,8-11H2,1H3,(H,23,24,25). The van der Waals surface area contributed by atoms with Crippen LogP contribution in [0.3, 0.4) is 0 Å². The number of aromatic amines is 1. The van der Waals surface area contributed by atoms with Crippen LogP contribution in [0.1, 0.15) is 38.5 Å². The monoisotopic (exact) mass is 417 g/mol. The molecule has 6 rings (SSSR count). The van der Waals surface area contributed by atoms with Crippen LogP contribution in [0.25, 0.3) is 11.4 Å². The Morgan fingerprint density at radius 3 is 2.57 bits per heavy atom. The summed E-state index contributed by atoms with van der Waals surface area (Å²) in [6.45, 7) is 0. The van der Waals surface area contributed by atoms with Crippen LogP contribution in [0.4, 0.5) is 0 Å². The van der Waals surface area contributed by atoms with Gasteiger partial charge in [0.05, 0.1) is 18.4 Å². The molecule has 5 nitrogen and oxygen atoms in total. The van der Waals surface area contributed by atoms with E-state index in [0.717, 1.165) is 42.6 Å². The van der Waals surface area contributed by atoms with Gasteiger partial charge in [-0.25, -0.2) is 4.98 Å². The Labute approximate surface area is 174 Å². The average Bonchev–Trinajstić information content (AvgIpc) is 3.14. The lowest BCUT2D eigenvalue weighted by atomic mass is 9.48. The number of aromatic nitrogens is 3. The molecule has 0 amide bonds. The first kappa shape index (κ1) is 18.5. The first-order valence-electron chi connectivity index (χ1n) is 9.97. The second-order valence-corrected chi connectivity index (χ2v) is 10.1. The molecule has 0 atom stereocenters. The Morgan fingerprint density at radius 2 is 1.93 bits per heavy atom. The third kappa shape index (κ3) is 3.24. The van der Waals surface area contributed by atoms with Crippen molar-refractivity contribution in [2.45, 2.75) is 43.7 Å². The van der Waals surface area contributed by atoms with E-state index in [1.54, 1.807) is 19.2 Å². The van der Waals surface area contributed by atoms with Crippen LogP contribution in [0.5, 0.6) is 5.75 Å². The number of ether oxygens (including phenoxy) is 1. The highest BCUT2D eigenvalue weighted by atomic mass is 35.5. The lowest BCUT2D eigenvalue weighted by Gasteiger charge is -2.56. The van der Waals surface area contributed by atoms with Gasteiger partial charge in [0, 0.05) is 10.4 Å². The number of methoxy groups -OCH3 is 1. The summed E-state index contributed by atoms with van der Waals surface area (Å²) < 4.78 is 5.39. The number of carbonyl (C=O) groups excluding carboxylic acids is 1. The molecule has 0 unspecified atom stereocenters. The van der Waals surface area contributed by atoms with Crippen LogP contribution in [0.2, 0.25) is 5.02 Å². The predicted octanol–water partition coefficient (Wildman–Crippen LogP) is 5.01. The zero-order valence-corrected chi connectivity index (χ0v) is 17.5. The second kappa shape index (κ2) is 7.06. The maximum Gasteiger partial charge on any atom is 0.209 e. The van der Waals surface area contributed by atoms with Crippen LogP contribution in [-0.2, 0) is 4.79 Å². The fraction of sp³-hybridized carbons (Fsp3) is 0.571. The van der Waals surface area contributed by atoms with Crippen molar-refractivity contribution in [3.05, 3.63) is 23.2 Å². The molecule has 0 radical (unpaired) electrons. The van der Waals surface area contributed by atoms with Crippen molar-refractivity contribution in [3.8, 4) is 17.1 Å². The summed E-state index contributed by atoms with van der Waals surface area (Å²) in [5, 5.41) is 8.45. The van der Waals surface area contributed by atoms with Gasteiger partial charge in [-0.3, -0.25) is 9.89 Å². The first-order valence-corrected chi connectivity index (χ1v) is 11.3. The predicted molar refractivity (Wildman–Crippen MR) is 110 cm³/mol. The van der Waals surface area contributed by atoms with Gasteiger partial charge < -0.3 is 4.74 Å². The van der Waals surface area contributed by atoms with Gasteiger partial charge in [-0.2, -0.15) is 0 Å². The van der Waals surface area contributed by atoms with E-state index in [4.69, 9.17) is 16.3 Å². The number of benzene rings is 1. The molecule has 4 aliphatic carbocycles. The fourth-order valence-corrected chi connectivity index (χ4v) is 7.04. The molecular formula is C21H24ClN3O2S. The first-order chi connectivity index (χ1) is 13.5. The number of hydrogen-bond acceptors (Lipinski definition) is 5. The summed E-state index contributed by atoms with van der Waals surface area (Å²) >= 11 is 7.55. The maximum atomic E-state index is 13.2. The zero-order valence-electron chi connectivity index (χ0n) is 15.9. The molecular weight excluding hydrogens is 394 g/mol. The highest BCUT2D eigenvalue weighted by molar-refractivity contribution is 7.99. The van der Waals surface area contributed by atoms with E-state index in [-0.39, 0.29) is 5.41 Å². The van der Waals surface area contributed by atoms with Crippen LogP contribution in [-0.4, -0.2) is 33.8 Å². The normalized spacial score (nSPS) is 30.6. The van der Waals surface area contributed by atoms with Crippen LogP contribution in [0.15, 0.2) is 23.4 Å². The van der Waals surface area contributed by atoms with Gasteiger partial charge >= 0.3 is 0 Å². The van der Waals surface area contributed by atoms with Gasteiger partial charge in [-0.05, 0) is 74.5 Å². The topological polar surface area (TPSA) is 67.9 Å². The van der Waals surface area contributed by atoms with E-state index < -0.39 is 0 Å². The van der Waals surface area contributed by atoms with E-state index in [1.165, 1.54) is 31.0 Å². The van der Waals surface area contributed by atoms with Gasteiger partial charge in [0.15, 0.2) is 5.82 Å². The molecule has 0 aliphatic heterocycles. The lowest BCUT2D eigenvalue weighted by molar-refractivity contribution is -0.141. The minimum absolute atomic E-state index is 0.0585. The summed E-state index contributed by atoms with van der Waals surface area (Å²) in [4.78, 5) is 17.7. The molecule has 0 saturated heterocycles. The van der Waals surface area contributed by atoms with Crippen molar-refractivity contribution in [1.82, 2.24) is 15.2 Å². The fourth-order valence-electron chi connectivity index (χ4n) is 6.03. The van der Waals surface area contributed by atoms with Crippen molar-refractivity contribution >= 4 is 29.1 Å². The number of nitrogens with zero attached hydrogens (tertiary/aromatic N) is 2. The number of halogens is 1. The Kier molecular flexibility index (Phi) is 4.67. The number of H-pyrrole nitrogens is 1. The van der Waals surface area contributed by atoms with E-state index in [2.05, 4.69) is 15.2 Å². The van der Waals surface area contributed by atoms with E-state index >= 15 is 0 Å². The van der Waals surface area contributed by atoms with Crippen molar-refractivity contribution in [2.75, 3.05) is 12.9 Å². The second-order valence-electron chi connectivity index (χ2n) is 8.72. The molecule has 1 N–H and O–H groups in total. The maximum absolute atomic E-state index is 13.2. The Hall–Kier alpha value is -1.53. The molecule has 1 heterocycles. The summed E-state index contributed by atoms with van der Waals surface area (Å²) in [6.07, 6.45) is 7.38. The van der Waals surface area contributed by atoms with Crippen molar-refractivity contribution in [2.24, 2.45) is 23.2 Å². The van der Waals surface area contributed by atoms with E-state index in [0.29, 0.717) is 33.3 Å². The quantitative estimate of drug-likeness (QED) is 0.669. The lowest BCUT2D eigenvalue weighted by Crippen LogP contribution is -2.50. The SMILES string of the molecule is COc1ccc(Cl)cc1-c1nc(SCC(=O)C23CC4CC(CC(C4)C2)C3)n[nH]1. The third-order valence-corrected chi connectivity index (χ3v) is 7.93. The molecule has 7 heteroatoms. The highest BCUT2D eigenvalue weighted by Gasteiger charge is 2.54. The summed E-state index contributed by atoms with van der Waals surface area (Å²) in [5.74, 6) is 4.49. The minimum Gasteiger partial charge on any atom is -0.496 e. The number of ketones is 1. The number of nitrogens with one attached hydrogen (secondary N) is 1. The highest BCUT2D eigenvalue weighted by Crippen LogP contribution is 2.60. The Morgan fingerprint density at radius 1 is 1.25 bits per heavy atom. The van der Waals surface area contributed by atoms with Gasteiger partial charge in [0.25, 0.3) is 0 Å². The molecule has 4 saturated carbocycles. The summed E-state index contributed by atoms with van der Waals surface area (Å²) in [7, 11) is 1.61. The van der Waals surface area contributed by atoms with E-state index in [1.807, 2.05) is 6.07 Å². The molecule has 4 fully saturated rings. The Bertz CT molecular complexity index is 878. The number of hydrogen-bond donors (Lipinski definition) is 1. The average molecular weight is 418 g/mol. The van der Waals surface area contributed by atoms with Gasteiger partial charge in [0.1, 0.15) is 11.5 Å². The molecule has 0 spiro atoms. The smallest absolute Gasteiger partial charge is 0.209 e. The largest absolute Gasteiger partial charge is 0.496 e. The molecule has 28 heavy (non-hydrogen) atoms. The van der Waals surface area contributed by atoms with Crippen molar-refractivity contribution in [3.63, 3.8) is 0 Å². The van der Waals surface area contributed by atoms with Crippen molar-refractivity contribution < 1.29 is 9.53 Å². The summed E-state index contributed by atoms with van der Waals surface area (Å²) in [5.41, 5.74) is 0.707. The molecule has 148 valence electrons. The van der Waals surface area contributed by atoms with Crippen LogP contribution in [0, 0.1) is 23.2 Å². The molecule has 2 aromatic rings. The van der Waals surface area contributed by atoms with Crippen molar-refractivity contribution in [1.29, 1.82) is 0 Å².